The van der Waals surface area contributed by atoms with E-state index in [0.29, 0.717) is 15.6 Å². The summed E-state index contributed by atoms with van der Waals surface area (Å²) in [7, 11) is -0.0350. The van der Waals surface area contributed by atoms with Crippen LogP contribution in [0.1, 0.15) is 10.4 Å². The zero-order chi connectivity index (χ0) is 16.2. The van der Waals surface area contributed by atoms with Crippen molar-refractivity contribution in [3.63, 3.8) is 0 Å². The van der Waals surface area contributed by atoms with Gasteiger partial charge in [-0.25, -0.2) is 0 Å². The third-order valence-corrected chi connectivity index (χ3v) is 5.26. The van der Waals surface area contributed by atoms with Gasteiger partial charge in [-0.05, 0) is 37.1 Å². The van der Waals surface area contributed by atoms with Crippen LogP contribution in [0.5, 0.6) is 0 Å². The molecule has 0 saturated carbocycles. The molecule has 0 radical (unpaired) electrons. The van der Waals surface area contributed by atoms with Gasteiger partial charge in [-0.3, -0.25) is 4.79 Å². The van der Waals surface area contributed by atoms with E-state index >= 15 is 0 Å². The van der Waals surface area contributed by atoms with Crippen molar-refractivity contribution in [3.05, 3.63) is 88.4 Å². The summed E-state index contributed by atoms with van der Waals surface area (Å²) in [5, 5.41) is 1.78. The SMILES string of the molecule is O=C(Pc1ccccc1-c1ccccc1)c1c(Cl)cccc1Cl.[Li+]. The summed E-state index contributed by atoms with van der Waals surface area (Å²) in [6, 6.07) is 23.1. The Hall–Kier alpha value is -1.06. The quantitative estimate of drug-likeness (QED) is 0.513. The van der Waals surface area contributed by atoms with Crippen molar-refractivity contribution in [2.24, 2.45) is 0 Å². The zero-order valence-electron chi connectivity index (χ0n) is 13.1. The minimum absolute atomic E-state index is 0. The Kier molecular flexibility index (Phi) is 7.12. The maximum absolute atomic E-state index is 12.7. The van der Waals surface area contributed by atoms with Crippen molar-refractivity contribution >= 4 is 42.6 Å². The Morgan fingerprint density at radius 2 is 1.33 bits per heavy atom. The summed E-state index contributed by atoms with van der Waals surface area (Å²) in [5.74, 6) is 0. The third kappa shape index (κ3) is 4.31. The number of carbonyl (C=O) groups excluding carboxylic acids is 1. The number of hydrogen-bond donors (Lipinski definition) is 0. The van der Waals surface area contributed by atoms with Gasteiger partial charge in [0.05, 0.1) is 15.6 Å². The largest absolute Gasteiger partial charge is 1.00 e. The second kappa shape index (κ2) is 8.86. The molecular formula is C19H13Cl2LiOP+. The molecule has 0 aliphatic carbocycles. The molecule has 0 N–H and O–H groups in total. The summed E-state index contributed by atoms with van der Waals surface area (Å²) in [6.07, 6.45) is 0. The predicted molar refractivity (Wildman–Crippen MR) is 101 cm³/mol. The van der Waals surface area contributed by atoms with Crippen LogP contribution in [0.3, 0.4) is 0 Å². The molecule has 1 atom stereocenters. The molecule has 1 unspecified atom stereocenters. The molecule has 0 amide bonds. The molecule has 0 saturated heterocycles. The second-order valence-corrected chi connectivity index (χ2v) is 7.02. The van der Waals surface area contributed by atoms with Gasteiger partial charge in [0.25, 0.3) is 0 Å². The van der Waals surface area contributed by atoms with Crippen molar-refractivity contribution in [1.82, 2.24) is 0 Å². The van der Waals surface area contributed by atoms with E-state index in [2.05, 4.69) is 0 Å². The van der Waals surface area contributed by atoms with Gasteiger partial charge < -0.3 is 0 Å². The number of halogens is 2. The fourth-order valence-electron chi connectivity index (χ4n) is 2.36. The molecule has 5 heteroatoms. The second-order valence-electron chi connectivity index (χ2n) is 4.96. The normalized spacial score (nSPS) is 10.6. The molecular weight excluding hydrogens is 353 g/mol. The van der Waals surface area contributed by atoms with Crippen molar-refractivity contribution < 1.29 is 23.7 Å². The maximum atomic E-state index is 12.7. The molecule has 1 nitrogen and oxygen atoms in total. The van der Waals surface area contributed by atoms with Crippen LogP contribution >= 0.6 is 31.8 Å². The summed E-state index contributed by atoms with van der Waals surface area (Å²) in [6.45, 7) is 0. The van der Waals surface area contributed by atoms with Gasteiger partial charge in [-0.1, -0.05) is 83.9 Å². The van der Waals surface area contributed by atoms with E-state index < -0.39 is 0 Å². The van der Waals surface area contributed by atoms with Crippen LogP contribution in [-0.2, 0) is 0 Å². The average Bonchev–Trinajstić information content (AvgIpc) is 2.56. The molecule has 0 aromatic heterocycles. The van der Waals surface area contributed by atoms with E-state index in [9.17, 15) is 4.79 Å². The number of carbonyl (C=O) groups is 1. The van der Waals surface area contributed by atoms with Crippen molar-refractivity contribution in [2.45, 2.75) is 0 Å². The minimum Gasteiger partial charge on any atom is -0.289 e. The van der Waals surface area contributed by atoms with Gasteiger partial charge in [-0.2, -0.15) is 0 Å². The van der Waals surface area contributed by atoms with Gasteiger partial charge in [0, 0.05) is 0 Å². The van der Waals surface area contributed by atoms with Crippen molar-refractivity contribution in [3.8, 4) is 11.1 Å². The molecule has 114 valence electrons. The first-order valence-electron chi connectivity index (χ1n) is 7.06. The van der Waals surface area contributed by atoms with E-state index in [-0.39, 0.29) is 33.0 Å². The van der Waals surface area contributed by atoms with Gasteiger partial charge in [0.2, 0.25) is 0 Å². The molecule has 24 heavy (non-hydrogen) atoms. The van der Waals surface area contributed by atoms with Gasteiger partial charge in [-0.15, -0.1) is 0 Å². The minimum atomic E-state index is -0.0519. The summed E-state index contributed by atoms with van der Waals surface area (Å²) in [5.41, 5.74) is 2.50. The Bertz CT molecular complexity index is 833. The average molecular weight is 366 g/mol. The van der Waals surface area contributed by atoms with E-state index in [1.54, 1.807) is 18.2 Å². The summed E-state index contributed by atoms with van der Waals surface area (Å²) < 4.78 is 0. The standard InChI is InChI=1S/C19H13Cl2OP.Li/c20-15-10-6-11-16(21)18(15)19(22)23-17-12-5-4-9-14(17)13-7-2-1-3-8-13;/h1-12,23H;/q;+1. The summed E-state index contributed by atoms with van der Waals surface area (Å²) >= 11 is 12.3. The Morgan fingerprint density at radius 1 is 0.750 bits per heavy atom. The van der Waals surface area contributed by atoms with Crippen LogP contribution in [0.2, 0.25) is 10.0 Å². The van der Waals surface area contributed by atoms with Crippen LogP contribution < -0.4 is 24.2 Å². The van der Waals surface area contributed by atoms with Gasteiger partial charge in [0.15, 0.2) is 5.52 Å². The molecule has 3 rings (SSSR count). The monoisotopic (exact) mass is 365 g/mol. The van der Waals surface area contributed by atoms with Crippen LogP contribution in [-0.4, -0.2) is 5.52 Å². The fourth-order valence-corrected chi connectivity index (χ4v) is 4.27. The first-order chi connectivity index (χ1) is 11.2. The van der Waals surface area contributed by atoms with Crippen molar-refractivity contribution in [1.29, 1.82) is 0 Å². The first kappa shape index (κ1) is 19.3. The van der Waals surface area contributed by atoms with E-state index in [0.717, 1.165) is 16.4 Å². The molecule has 0 spiro atoms. The number of rotatable bonds is 4. The molecule has 0 aliphatic rings. The van der Waals surface area contributed by atoms with Crippen molar-refractivity contribution in [2.75, 3.05) is 0 Å². The van der Waals surface area contributed by atoms with Crippen LogP contribution in [0.15, 0.2) is 72.8 Å². The molecule has 0 bridgehead atoms. The number of hydrogen-bond acceptors (Lipinski definition) is 1. The summed E-state index contributed by atoms with van der Waals surface area (Å²) in [4.78, 5) is 12.7. The van der Waals surface area contributed by atoms with E-state index in [1.807, 2.05) is 54.6 Å². The molecule has 3 aromatic rings. The van der Waals surface area contributed by atoms with E-state index in [4.69, 9.17) is 23.2 Å². The Morgan fingerprint density at radius 3 is 2.00 bits per heavy atom. The predicted octanol–water partition coefficient (Wildman–Crippen LogP) is 2.81. The Balaban J connectivity index is 0.00000208. The molecule has 3 aromatic carbocycles. The Labute approximate surface area is 165 Å². The number of benzene rings is 3. The molecule has 0 fully saturated rings. The van der Waals surface area contributed by atoms with Crippen LogP contribution in [0.4, 0.5) is 0 Å². The fraction of sp³-hybridized carbons (Fsp3) is 0. The van der Waals surface area contributed by atoms with Gasteiger partial charge in [0.1, 0.15) is 0 Å². The smallest absolute Gasteiger partial charge is 0.289 e. The van der Waals surface area contributed by atoms with E-state index in [1.165, 1.54) is 0 Å². The first-order valence-corrected chi connectivity index (χ1v) is 8.82. The molecule has 0 aliphatic heterocycles. The topological polar surface area (TPSA) is 17.1 Å². The van der Waals surface area contributed by atoms with Crippen LogP contribution in [0, 0.1) is 0 Å². The maximum Gasteiger partial charge on any atom is 1.00 e. The molecule has 0 heterocycles. The zero-order valence-corrected chi connectivity index (χ0v) is 15.6. The third-order valence-electron chi connectivity index (χ3n) is 3.45. The van der Waals surface area contributed by atoms with Crippen LogP contribution in [0.25, 0.3) is 11.1 Å². The van der Waals surface area contributed by atoms with Gasteiger partial charge >= 0.3 is 18.9 Å².